The van der Waals surface area contributed by atoms with E-state index in [0.717, 1.165) is 30.5 Å². The lowest BCUT2D eigenvalue weighted by molar-refractivity contribution is -0.0247. The number of nitrogens with one attached hydrogen (secondary N) is 1. The van der Waals surface area contributed by atoms with Crippen LogP contribution in [-0.4, -0.2) is 46.6 Å². The van der Waals surface area contributed by atoms with Gasteiger partial charge >= 0.3 is 0 Å². The molecule has 6 heteroatoms. The first kappa shape index (κ1) is 17.0. The lowest BCUT2D eigenvalue weighted by atomic mass is 10.0. The third-order valence-electron chi connectivity index (χ3n) is 5.23. The molecule has 0 radical (unpaired) electrons. The van der Waals surface area contributed by atoms with Gasteiger partial charge in [0.1, 0.15) is 0 Å². The van der Waals surface area contributed by atoms with Crippen LogP contribution < -0.4 is 5.56 Å². The Bertz CT molecular complexity index is 861. The predicted octanol–water partition coefficient (Wildman–Crippen LogP) is 1.73. The summed E-state index contributed by atoms with van der Waals surface area (Å²) in [5, 5.41) is 0. The van der Waals surface area contributed by atoms with E-state index in [1.807, 2.05) is 11.0 Å². The maximum absolute atomic E-state index is 12.9. The fourth-order valence-corrected chi connectivity index (χ4v) is 3.82. The van der Waals surface area contributed by atoms with Gasteiger partial charge in [-0.05, 0) is 55.4 Å². The van der Waals surface area contributed by atoms with Gasteiger partial charge in [0.25, 0.3) is 11.5 Å². The Labute approximate surface area is 152 Å². The molecule has 2 heterocycles. The molecule has 2 aliphatic rings. The van der Waals surface area contributed by atoms with E-state index in [2.05, 4.69) is 22.1 Å². The van der Waals surface area contributed by atoms with Crippen LogP contribution in [0.25, 0.3) is 0 Å². The number of hydrogen-bond acceptors (Lipinski definition) is 4. The van der Waals surface area contributed by atoms with Gasteiger partial charge in [-0.25, -0.2) is 4.98 Å². The van der Waals surface area contributed by atoms with Crippen LogP contribution in [0.5, 0.6) is 0 Å². The normalized spacial score (nSPS) is 19.4. The first-order valence-electron chi connectivity index (χ1n) is 9.25. The first-order valence-corrected chi connectivity index (χ1v) is 9.25. The van der Waals surface area contributed by atoms with Crippen molar-refractivity contribution in [1.29, 1.82) is 0 Å². The van der Waals surface area contributed by atoms with Crippen LogP contribution in [0.3, 0.4) is 0 Å². The number of benzene rings is 1. The van der Waals surface area contributed by atoms with E-state index in [0.29, 0.717) is 26.1 Å². The summed E-state index contributed by atoms with van der Waals surface area (Å²) in [7, 11) is 0. The molecule has 0 saturated carbocycles. The van der Waals surface area contributed by atoms with Gasteiger partial charge in [-0.1, -0.05) is 6.07 Å². The molecule has 136 valence electrons. The molecule has 4 rings (SSSR count). The molecule has 1 fully saturated rings. The standard InChI is InChI=1S/C20H23N3O3/c24-19-11-17(21-13-22-19)6-7-18-12-23(8-9-26-18)20(25)16-5-4-14-2-1-3-15(14)10-16/h4-5,10-11,13,18H,1-3,6-9,12H2,(H,21,22,24)/t18-/m0/s1. The molecular formula is C20H23N3O3. The summed E-state index contributed by atoms with van der Waals surface area (Å²) in [6, 6.07) is 7.63. The van der Waals surface area contributed by atoms with E-state index in [1.54, 1.807) is 0 Å². The highest BCUT2D eigenvalue weighted by atomic mass is 16.5. The Hall–Kier alpha value is -2.47. The quantitative estimate of drug-likeness (QED) is 0.908. The van der Waals surface area contributed by atoms with E-state index < -0.39 is 0 Å². The Morgan fingerprint density at radius 2 is 2.15 bits per heavy atom. The molecule has 1 amide bonds. The van der Waals surface area contributed by atoms with Crippen LogP contribution in [0.2, 0.25) is 0 Å². The molecule has 2 aromatic rings. The highest BCUT2D eigenvalue weighted by Gasteiger charge is 2.25. The molecule has 1 aliphatic carbocycles. The number of carbonyl (C=O) groups is 1. The minimum absolute atomic E-state index is 0.0248. The highest BCUT2D eigenvalue weighted by Crippen LogP contribution is 2.24. The van der Waals surface area contributed by atoms with E-state index >= 15 is 0 Å². The minimum atomic E-state index is -0.145. The molecule has 1 aromatic heterocycles. The largest absolute Gasteiger partial charge is 0.375 e. The van der Waals surface area contributed by atoms with Crippen LogP contribution in [0, 0.1) is 0 Å². The number of nitrogens with zero attached hydrogens (tertiary/aromatic N) is 2. The fraction of sp³-hybridized carbons (Fsp3) is 0.450. The molecule has 6 nitrogen and oxygen atoms in total. The Balaban J connectivity index is 1.38. The molecule has 1 N–H and O–H groups in total. The van der Waals surface area contributed by atoms with Crippen molar-refractivity contribution in [2.75, 3.05) is 19.7 Å². The second-order valence-corrected chi connectivity index (χ2v) is 7.02. The van der Waals surface area contributed by atoms with Gasteiger partial charge in [0.05, 0.1) is 19.0 Å². The van der Waals surface area contributed by atoms with Crippen molar-refractivity contribution < 1.29 is 9.53 Å². The Morgan fingerprint density at radius 1 is 1.27 bits per heavy atom. The molecule has 0 spiro atoms. The molecule has 1 aromatic carbocycles. The van der Waals surface area contributed by atoms with E-state index in [4.69, 9.17) is 4.74 Å². The van der Waals surface area contributed by atoms with Crippen molar-refractivity contribution >= 4 is 5.91 Å². The summed E-state index contributed by atoms with van der Waals surface area (Å²) in [6.07, 6.45) is 6.18. The first-order chi connectivity index (χ1) is 12.7. The number of hydrogen-bond donors (Lipinski definition) is 1. The smallest absolute Gasteiger partial charge is 0.254 e. The van der Waals surface area contributed by atoms with Gasteiger partial charge in [-0.3, -0.25) is 9.59 Å². The summed E-state index contributed by atoms with van der Waals surface area (Å²) >= 11 is 0. The lowest BCUT2D eigenvalue weighted by Gasteiger charge is -2.33. The van der Waals surface area contributed by atoms with Crippen molar-refractivity contribution in [1.82, 2.24) is 14.9 Å². The van der Waals surface area contributed by atoms with Gasteiger partial charge in [0, 0.05) is 30.4 Å². The number of morpholine rings is 1. The fourth-order valence-electron chi connectivity index (χ4n) is 3.82. The molecular weight excluding hydrogens is 330 g/mol. The van der Waals surface area contributed by atoms with Crippen molar-refractivity contribution in [2.24, 2.45) is 0 Å². The van der Waals surface area contributed by atoms with Gasteiger partial charge in [0.2, 0.25) is 0 Å². The number of rotatable bonds is 4. The number of carbonyl (C=O) groups excluding carboxylic acids is 1. The molecule has 1 saturated heterocycles. The third-order valence-corrected chi connectivity index (χ3v) is 5.23. The summed E-state index contributed by atoms with van der Waals surface area (Å²) in [5.41, 5.74) is 4.09. The summed E-state index contributed by atoms with van der Waals surface area (Å²) in [4.78, 5) is 32.8. The Morgan fingerprint density at radius 3 is 3.04 bits per heavy atom. The zero-order valence-electron chi connectivity index (χ0n) is 14.7. The molecule has 1 atom stereocenters. The average Bonchev–Trinajstić information content (AvgIpc) is 3.14. The van der Waals surface area contributed by atoms with Crippen molar-refractivity contribution in [3.05, 3.63) is 63.3 Å². The SMILES string of the molecule is O=C(c1ccc2c(c1)CCC2)N1CCO[C@@H](CCc2cc(=O)[nH]cn2)C1. The number of fused-ring (bicyclic) bond motifs is 1. The molecule has 1 aliphatic heterocycles. The van der Waals surface area contributed by atoms with Crippen molar-refractivity contribution in [3.63, 3.8) is 0 Å². The van der Waals surface area contributed by atoms with Gasteiger partial charge in [0.15, 0.2) is 0 Å². The zero-order valence-corrected chi connectivity index (χ0v) is 14.7. The van der Waals surface area contributed by atoms with Crippen LogP contribution in [0.15, 0.2) is 35.4 Å². The van der Waals surface area contributed by atoms with E-state index in [-0.39, 0.29) is 17.6 Å². The molecule has 0 bridgehead atoms. The van der Waals surface area contributed by atoms with Crippen LogP contribution >= 0.6 is 0 Å². The third kappa shape index (κ3) is 3.70. The number of ether oxygens (including phenoxy) is 1. The maximum atomic E-state index is 12.9. The molecule has 0 unspecified atom stereocenters. The number of aromatic amines is 1. The number of amides is 1. The predicted molar refractivity (Wildman–Crippen MR) is 97.3 cm³/mol. The van der Waals surface area contributed by atoms with Gasteiger partial charge in [-0.15, -0.1) is 0 Å². The van der Waals surface area contributed by atoms with Gasteiger partial charge in [-0.2, -0.15) is 0 Å². The van der Waals surface area contributed by atoms with Gasteiger partial charge < -0.3 is 14.6 Å². The Kier molecular flexibility index (Phi) is 4.84. The lowest BCUT2D eigenvalue weighted by Crippen LogP contribution is -2.45. The maximum Gasteiger partial charge on any atom is 0.254 e. The zero-order chi connectivity index (χ0) is 17.9. The summed E-state index contributed by atoms with van der Waals surface area (Å²) < 4.78 is 5.81. The minimum Gasteiger partial charge on any atom is -0.375 e. The summed E-state index contributed by atoms with van der Waals surface area (Å²) in [5.74, 6) is 0.0854. The number of aryl methyl sites for hydroxylation is 3. The second kappa shape index (κ2) is 7.41. The highest BCUT2D eigenvalue weighted by molar-refractivity contribution is 5.94. The van der Waals surface area contributed by atoms with E-state index in [9.17, 15) is 9.59 Å². The van der Waals surface area contributed by atoms with Crippen LogP contribution in [0.4, 0.5) is 0 Å². The van der Waals surface area contributed by atoms with Crippen molar-refractivity contribution in [3.8, 4) is 0 Å². The van der Waals surface area contributed by atoms with Crippen LogP contribution in [-0.2, 0) is 24.0 Å². The monoisotopic (exact) mass is 353 g/mol. The topological polar surface area (TPSA) is 75.3 Å². The average molecular weight is 353 g/mol. The van der Waals surface area contributed by atoms with Crippen molar-refractivity contribution in [2.45, 2.75) is 38.2 Å². The second-order valence-electron chi connectivity index (χ2n) is 7.02. The summed E-state index contributed by atoms with van der Waals surface area (Å²) in [6.45, 7) is 1.75. The molecule has 26 heavy (non-hydrogen) atoms. The van der Waals surface area contributed by atoms with Crippen LogP contribution in [0.1, 0.15) is 40.0 Å². The van der Waals surface area contributed by atoms with E-state index in [1.165, 1.54) is 29.9 Å². The number of aromatic nitrogens is 2. The number of H-pyrrole nitrogens is 1.